The topological polar surface area (TPSA) is 60.1 Å². The molecule has 3 heteroatoms. The molecule has 1 heterocycles. The second kappa shape index (κ2) is 2.58. The lowest BCUT2D eigenvalue weighted by atomic mass is 10.0. The van der Waals surface area contributed by atoms with Gasteiger partial charge in [0.2, 0.25) is 0 Å². The minimum absolute atomic E-state index is 0.372. The van der Waals surface area contributed by atoms with Crippen LogP contribution in [0.5, 0.6) is 0 Å². The van der Waals surface area contributed by atoms with Crippen molar-refractivity contribution < 1.29 is 4.74 Å². The van der Waals surface area contributed by atoms with Gasteiger partial charge in [0.05, 0.1) is 0 Å². The molecular formula is C10H6N2O. The van der Waals surface area contributed by atoms with E-state index in [0.29, 0.717) is 0 Å². The summed E-state index contributed by atoms with van der Waals surface area (Å²) >= 11 is 0. The van der Waals surface area contributed by atoms with E-state index in [2.05, 4.69) is 0 Å². The van der Waals surface area contributed by atoms with Gasteiger partial charge in [-0.1, -0.05) is 30.3 Å². The first-order valence-electron chi connectivity index (χ1n) is 3.88. The van der Waals surface area contributed by atoms with Gasteiger partial charge in [-0.3, -0.25) is 0 Å². The molecule has 1 aromatic rings. The van der Waals surface area contributed by atoms with Gasteiger partial charge in [-0.05, 0) is 5.56 Å². The van der Waals surface area contributed by atoms with Crippen molar-refractivity contribution in [2.24, 2.45) is 0 Å². The molecule has 0 N–H and O–H groups in total. The third kappa shape index (κ3) is 1.07. The monoisotopic (exact) mass is 170 g/mol. The van der Waals surface area contributed by atoms with E-state index in [1.807, 2.05) is 42.5 Å². The van der Waals surface area contributed by atoms with Gasteiger partial charge >= 0.3 is 0 Å². The van der Waals surface area contributed by atoms with E-state index >= 15 is 0 Å². The zero-order valence-corrected chi connectivity index (χ0v) is 6.77. The molecule has 1 saturated heterocycles. The molecule has 0 aliphatic carbocycles. The molecular weight excluding hydrogens is 164 g/mol. The van der Waals surface area contributed by atoms with Crippen molar-refractivity contribution in [2.75, 3.05) is 0 Å². The van der Waals surface area contributed by atoms with E-state index in [4.69, 9.17) is 15.3 Å². The highest BCUT2D eigenvalue weighted by atomic mass is 16.6. The Labute approximate surface area is 75.8 Å². The number of nitrogens with zero attached hydrogens (tertiary/aromatic N) is 2. The predicted molar refractivity (Wildman–Crippen MR) is 44.2 cm³/mol. The lowest BCUT2D eigenvalue weighted by molar-refractivity contribution is 0.369. The molecule has 0 bridgehead atoms. The Bertz CT molecular complexity index is 385. The van der Waals surface area contributed by atoms with Crippen LogP contribution in [0, 0.1) is 22.7 Å². The average Bonchev–Trinajstić information content (AvgIpc) is 2.95. The molecule has 0 aromatic heterocycles. The molecule has 0 radical (unpaired) electrons. The van der Waals surface area contributed by atoms with Crippen LogP contribution in [0.15, 0.2) is 30.3 Å². The van der Waals surface area contributed by atoms with Gasteiger partial charge < -0.3 is 4.74 Å². The maximum absolute atomic E-state index is 8.69. The highest BCUT2D eigenvalue weighted by Crippen LogP contribution is 2.48. The molecule has 1 unspecified atom stereocenters. The smallest absolute Gasteiger partial charge is 0.272 e. The maximum atomic E-state index is 8.69. The van der Waals surface area contributed by atoms with Crippen molar-refractivity contribution in [3.8, 4) is 12.1 Å². The SMILES string of the molecule is N#CC1(C#N)OC1c1ccccc1. The second-order valence-corrected chi connectivity index (χ2v) is 2.87. The van der Waals surface area contributed by atoms with Crippen LogP contribution in [-0.4, -0.2) is 5.60 Å². The summed E-state index contributed by atoms with van der Waals surface area (Å²) in [4.78, 5) is 0. The Kier molecular flexibility index (Phi) is 1.55. The number of nitriles is 2. The van der Waals surface area contributed by atoms with E-state index in [0.717, 1.165) is 5.56 Å². The van der Waals surface area contributed by atoms with Gasteiger partial charge in [-0.2, -0.15) is 10.5 Å². The van der Waals surface area contributed by atoms with Crippen molar-refractivity contribution in [1.29, 1.82) is 10.5 Å². The quantitative estimate of drug-likeness (QED) is 0.600. The number of rotatable bonds is 1. The first-order chi connectivity index (χ1) is 6.32. The summed E-state index contributed by atoms with van der Waals surface area (Å²) in [5.41, 5.74) is -0.355. The Hall–Kier alpha value is -1.84. The highest BCUT2D eigenvalue weighted by molar-refractivity contribution is 5.38. The van der Waals surface area contributed by atoms with Gasteiger partial charge in [0.15, 0.2) is 0 Å². The van der Waals surface area contributed by atoms with E-state index in [-0.39, 0.29) is 6.10 Å². The van der Waals surface area contributed by atoms with Crippen LogP contribution in [0.1, 0.15) is 11.7 Å². The zero-order valence-electron chi connectivity index (χ0n) is 6.77. The van der Waals surface area contributed by atoms with Gasteiger partial charge in [-0.15, -0.1) is 0 Å². The van der Waals surface area contributed by atoms with E-state index in [9.17, 15) is 0 Å². The minimum atomic E-state index is -1.23. The first kappa shape index (κ1) is 7.79. The van der Waals surface area contributed by atoms with Crippen molar-refractivity contribution in [1.82, 2.24) is 0 Å². The fourth-order valence-electron chi connectivity index (χ4n) is 1.28. The van der Waals surface area contributed by atoms with Crippen LogP contribution >= 0.6 is 0 Å². The molecule has 0 spiro atoms. The lowest BCUT2D eigenvalue weighted by Gasteiger charge is -1.92. The van der Waals surface area contributed by atoms with Crippen molar-refractivity contribution in [3.63, 3.8) is 0 Å². The van der Waals surface area contributed by atoms with Crippen LogP contribution in [0.4, 0.5) is 0 Å². The molecule has 0 saturated carbocycles. The van der Waals surface area contributed by atoms with E-state index in [1.165, 1.54) is 0 Å². The number of benzene rings is 1. The fourth-order valence-corrected chi connectivity index (χ4v) is 1.28. The summed E-state index contributed by atoms with van der Waals surface area (Å²) in [6.07, 6.45) is -0.372. The summed E-state index contributed by atoms with van der Waals surface area (Å²) in [5.74, 6) is 0. The third-order valence-electron chi connectivity index (χ3n) is 2.05. The Morgan fingerprint density at radius 2 is 1.77 bits per heavy atom. The van der Waals surface area contributed by atoms with Crippen LogP contribution in [-0.2, 0) is 4.74 Å². The normalized spacial score (nSPS) is 22.8. The van der Waals surface area contributed by atoms with Crippen molar-refractivity contribution in [2.45, 2.75) is 11.7 Å². The molecule has 62 valence electrons. The average molecular weight is 170 g/mol. The maximum Gasteiger partial charge on any atom is 0.272 e. The Balaban J connectivity index is 2.27. The molecule has 1 aromatic carbocycles. The van der Waals surface area contributed by atoms with Crippen LogP contribution in [0.25, 0.3) is 0 Å². The minimum Gasteiger partial charge on any atom is -0.332 e. The first-order valence-corrected chi connectivity index (χ1v) is 3.88. The highest BCUT2D eigenvalue weighted by Gasteiger charge is 2.59. The number of hydrogen-bond donors (Lipinski definition) is 0. The molecule has 1 aliphatic heterocycles. The van der Waals surface area contributed by atoms with E-state index < -0.39 is 5.60 Å². The fraction of sp³-hybridized carbons (Fsp3) is 0.200. The predicted octanol–water partition coefficient (Wildman–Crippen LogP) is 1.54. The summed E-state index contributed by atoms with van der Waals surface area (Å²) < 4.78 is 5.07. The van der Waals surface area contributed by atoms with Gasteiger partial charge in [-0.25, -0.2) is 0 Å². The van der Waals surface area contributed by atoms with Gasteiger partial charge in [0, 0.05) is 0 Å². The van der Waals surface area contributed by atoms with E-state index in [1.54, 1.807) is 0 Å². The third-order valence-corrected chi connectivity index (χ3v) is 2.05. The van der Waals surface area contributed by atoms with Crippen LogP contribution < -0.4 is 0 Å². The number of hydrogen-bond acceptors (Lipinski definition) is 3. The van der Waals surface area contributed by atoms with Crippen LogP contribution in [0.3, 0.4) is 0 Å². The molecule has 2 rings (SSSR count). The summed E-state index contributed by atoms with van der Waals surface area (Å²) in [6, 6.07) is 13.0. The molecule has 1 aliphatic rings. The number of epoxide rings is 1. The summed E-state index contributed by atoms with van der Waals surface area (Å²) in [5, 5.41) is 17.4. The second-order valence-electron chi connectivity index (χ2n) is 2.87. The zero-order chi connectivity index (χ0) is 9.31. The van der Waals surface area contributed by atoms with Crippen molar-refractivity contribution in [3.05, 3.63) is 35.9 Å². The Morgan fingerprint density at radius 3 is 2.23 bits per heavy atom. The number of ether oxygens (including phenoxy) is 1. The van der Waals surface area contributed by atoms with Gasteiger partial charge in [0.25, 0.3) is 5.60 Å². The summed E-state index contributed by atoms with van der Waals surface area (Å²) in [7, 11) is 0. The molecule has 13 heavy (non-hydrogen) atoms. The molecule has 3 nitrogen and oxygen atoms in total. The van der Waals surface area contributed by atoms with Crippen LogP contribution in [0.2, 0.25) is 0 Å². The molecule has 1 fully saturated rings. The Morgan fingerprint density at radius 1 is 1.15 bits per heavy atom. The standard InChI is InChI=1S/C10H6N2O/c11-6-10(7-12)9(13-10)8-4-2-1-3-5-8/h1-5,9H. The summed E-state index contributed by atoms with van der Waals surface area (Å²) in [6.45, 7) is 0. The largest absolute Gasteiger partial charge is 0.332 e. The van der Waals surface area contributed by atoms with Gasteiger partial charge in [0.1, 0.15) is 18.2 Å². The van der Waals surface area contributed by atoms with Crippen molar-refractivity contribution >= 4 is 0 Å². The lowest BCUT2D eigenvalue weighted by Crippen LogP contribution is -2.04. The molecule has 1 atom stereocenters. The molecule has 0 amide bonds.